The Kier molecular flexibility index (Phi) is 11.0. The highest BCUT2D eigenvalue weighted by molar-refractivity contribution is 7.89. The number of likely N-dealkylation sites (tertiary alicyclic amines) is 1. The second-order valence-corrected chi connectivity index (χ2v) is 13.1. The van der Waals surface area contributed by atoms with Crippen molar-refractivity contribution >= 4 is 27.6 Å². The van der Waals surface area contributed by atoms with Gasteiger partial charge in [-0.25, -0.2) is 13.2 Å². The number of sulfonamides is 1. The van der Waals surface area contributed by atoms with Crippen molar-refractivity contribution in [3.8, 4) is 0 Å². The molecule has 0 aliphatic carbocycles. The standard InChI is InChI=1S/C33H42N4O5S/c1-25-10-13-28(14-11-25)23-37(32(38)24-36(20-21-42-4)43(40,41)30-8-6-5-7-9-30)29-16-18-35(19-17-29)33(39)34-31-15-12-26(2)22-27(31)3/h5-15,22,29H,16-21,23-24H2,1-4H3,(H,34,39). The number of nitrogens with zero attached hydrogens (tertiary/aromatic N) is 3. The number of nitrogens with one attached hydrogen (secondary N) is 1. The summed E-state index contributed by atoms with van der Waals surface area (Å²) in [5.41, 5.74) is 4.99. The smallest absolute Gasteiger partial charge is 0.321 e. The third-order valence-corrected chi connectivity index (χ3v) is 9.71. The summed E-state index contributed by atoms with van der Waals surface area (Å²) in [6.07, 6.45) is 1.17. The lowest BCUT2D eigenvalue weighted by Gasteiger charge is -2.39. The van der Waals surface area contributed by atoms with Gasteiger partial charge in [0.15, 0.2) is 0 Å². The number of aryl methyl sites for hydroxylation is 3. The first-order chi connectivity index (χ1) is 20.6. The van der Waals surface area contributed by atoms with E-state index in [1.807, 2.05) is 63.2 Å². The highest BCUT2D eigenvalue weighted by atomic mass is 32.2. The van der Waals surface area contributed by atoms with Crippen molar-refractivity contribution in [1.29, 1.82) is 0 Å². The molecular weight excluding hydrogens is 564 g/mol. The molecule has 0 aromatic heterocycles. The van der Waals surface area contributed by atoms with E-state index in [0.717, 1.165) is 27.9 Å². The second-order valence-electron chi connectivity index (χ2n) is 11.1. The maximum absolute atomic E-state index is 14.0. The molecule has 0 bridgehead atoms. The largest absolute Gasteiger partial charge is 0.383 e. The van der Waals surface area contributed by atoms with Gasteiger partial charge in [-0.05, 0) is 62.9 Å². The average molecular weight is 607 g/mol. The first-order valence-electron chi connectivity index (χ1n) is 14.6. The monoisotopic (exact) mass is 606 g/mol. The molecule has 0 saturated carbocycles. The molecule has 3 amide bonds. The minimum Gasteiger partial charge on any atom is -0.383 e. The summed E-state index contributed by atoms with van der Waals surface area (Å²) in [6, 6.07) is 21.7. The quantitative estimate of drug-likeness (QED) is 0.332. The molecule has 1 heterocycles. The Balaban J connectivity index is 1.50. The van der Waals surface area contributed by atoms with Gasteiger partial charge in [0.1, 0.15) is 0 Å². The number of carbonyl (C=O) groups is 2. The molecule has 4 rings (SSSR count). The van der Waals surface area contributed by atoms with Crippen LogP contribution in [-0.2, 0) is 26.1 Å². The summed E-state index contributed by atoms with van der Waals surface area (Å²) < 4.78 is 33.4. The molecule has 43 heavy (non-hydrogen) atoms. The van der Waals surface area contributed by atoms with Crippen LogP contribution in [0.15, 0.2) is 77.7 Å². The first kappa shape index (κ1) is 32.2. The third kappa shape index (κ3) is 8.43. The van der Waals surface area contributed by atoms with Crippen molar-refractivity contribution in [3.05, 3.63) is 95.1 Å². The summed E-state index contributed by atoms with van der Waals surface area (Å²) in [5, 5.41) is 3.02. The maximum Gasteiger partial charge on any atom is 0.321 e. The van der Waals surface area contributed by atoms with Crippen LogP contribution >= 0.6 is 0 Å². The molecule has 1 saturated heterocycles. The number of amides is 3. The Morgan fingerprint density at radius 1 is 0.930 bits per heavy atom. The Bertz CT molecular complexity index is 1490. The lowest BCUT2D eigenvalue weighted by molar-refractivity contribution is -0.135. The normalized spacial score (nSPS) is 14.1. The van der Waals surface area contributed by atoms with E-state index in [2.05, 4.69) is 5.32 Å². The van der Waals surface area contributed by atoms with Gasteiger partial charge in [-0.1, -0.05) is 65.7 Å². The Labute approximate surface area is 255 Å². The Hall–Kier alpha value is -3.73. The van der Waals surface area contributed by atoms with E-state index in [1.165, 1.54) is 23.5 Å². The number of urea groups is 1. The van der Waals surface area contributed by atoms with Crippen molar-refractivity contribution in [2.45, 2.75) is 51.1 Å². The molecule has 1 N–H and O–H groups in total. The van der Waals surface area contributed by atoms with Crippen molar-refractivity contribution < 1.29 is 22.7 Å². The fraction of sp³-hybridized carbons (Fsp3) is 0.394. The zero-order chi connectivity index (χ0) is 31.0. The summed E-state index contributed by atoms with van der Waals surface area (Å²) in [4.78, 5) is 30.7. The summed E-state index contributed by atoms with van der Waals surface area (Å²) in [6.45, 7) is 7.21. The van der Waals surface area contributed by atoms with Gasteiger partial charge in [-0.3, -0.25) is 4.79 Å². The summed E-state index contributed by atoms with van der Waals surface area (Å²) in [7, 11) is -2.42. The van der Waals surface area contributed by atoms with Crippen LogP contribution in [0.25, 0.3) is 0 Å². The minimum absolute atomic E-state index is 0.0505. The van der Waals surface area contributed by atoms with E-state index >= 15 is 0 Å². The molecule has 3 aromatic rings. The number of piperidine rings is 1. The lowest BCUT2D eigenvalue weighted by atomic mass is 10.0. The van der Waals surface area contributed by atoms with Gasteiger partial charge in [-0.15, -0.1) is 0 Å². The number of carbonyl (C=O) groups excluding carboxylic acids is 2. The van der Waals surface area contributed by atoms with E-state index in [0.29, 0.717) is 32.5 Å². The van der Waals surface area contributed by atoms with Crippen LogP contribution in [0.1, 0.15) is 35.1 Å². The van der Waals surface area contributed by atoms with E-state index in [1.54, 1.807) is 28.0 Å². The highest BCUT2D eigenvalue weighted by Crippen LogP contribution is 2.23. The van der Waals surface area contributed by atoms with E-state index in [-0.39, 0.29) is 42.6 Å². The number of hydrogen-bond acceptors (Lipinski definition) is 5. The number of anilines is 1. The van der Waals surface area contributed by atoms with Crippen molar-refractivity contribution in [2.75, 3.05) is 45.2 Å². The molecule has 0 unspecified atom stereocenters. The van der Waals surface area contributed by atoms with Crippen LogP contribution in [0.2, 0.25) is 0 Å². The van der Waals surface area contributed by atoms with Crippen LogP contribution in [-0.4, -0.2) is 80.4 Å². The van der Waals surface area contributed by atoms with Crippen LogP contribution < -0.4 is 5.32 Å². The number of benzene rings is 3. The van der Waals surface area contributed by atoms with Crippen LogP contribution in [0.4, 0.5) is 10.5 Å². The molecule has 9 nitrogen and oxygen atoms in total. The van der Waals surface area contributed by atoms with Gasteiger partial charge in [0.2, 0.25) is 15.9 Å². The first-order valence-corrected chi connectivity index (χ1v) is 16.0. The number of rotatable bonds is 11. The highest BCUT2D eigenvalue weighted by Gasteiger charge is 2.33. The Morgan fingerprint density at radius 3 is 2.21 bits per heavy atom. The zero-order valence-electron chi connectivity index (χ0n) is 25.5. The predicted molar refractivity (Wildman–Crippen MR) is 168 cm³/mol. The molecule has 3 aromatic carbocycles. The number of hydrogen-bond donors (Lipinski definition) is 1. The molecule has 1 aliphatic heterocycles. The van der Waals surface area contributed by atoms with Crippen LogP contribution in [0, 0.1) is 20.8 Å². The SMILES string of the molecule is COCCN(CC(=O)N(Cc1ccc(C)cc1)C1CCN(C(=O)Nc2ccc(C)cc2C)CC1)S(=O)(=O)c1ccccc1. The summed E-state index contributed by atoms with van der Waals surface area (Å²) in [5.74, 6) is -0.283. The fourth-order valence-corrected chi connectivity index (χ4v) is 6.69. The molecule has 10 heteroatoms. The molecule has 0 spiro atoms. The van der Waals surface area contributed by atoms with Gasteiger partial charge in [0.25, 0.3) is 0 Å². The van der Waals surface area contributed by atoms with Gasteiger partial charge in [0.05, 0.1) is 18.0 Å². The average Bonchev–Trinajstić information content (AvgIpc) is 3.00. The molecule has 1 fully saturated rings. The maximum atomic E-state index is 14.0. The van der Waals surface area contributed by atoms with Crippen molar-refractivity contribution in [1.82, 2.24) is 14.1 Å². The van der Waals surface area contributed by atoms with Crippen LogP contribution in [0.5, 0.6) is 0 Å². The van der Waals surface area contributed by atoms with Gasteiger partial charge >= 0.3 is 6.03 Å². The fourth-order valence-electron chi connectivity index (χ4n) is 5.30. The predicted octanol–water partition coefficient (Wildman–Crippen LogP) is 4.97. The summed E-state index contributed by atoms with van der Waals surface area (Å²) >= 11 is 0. The van der Waals surface area contributed by atoms with E-state index in [4.69, 9.17) is 4.74 Å². The molecule has 0 radical (unpaired) electrons. The second kappa shape index (κ2) is 14.6. The van der Waals surface area contributed by atoms with Crippen molar-refractivity contribution in [3.63, 3.8) is 0 Å². The van der Waals surface area contributed by atoms with Gasteiger partial charge < -0.3 is 19.9 Å². The van der Waals surface area contributed by atoms with Gasteiger partial charge in [-0.2, -0.15) is 4.31 Å². The van der Waals surface area contributed by atoms with E-state index in [9.17, 15) is 18.0 Å². The molecule has 230 valence electrons. The van der Waals surface area contributed by atoms with Gasteiger partial charge in [0, 0.05) is 45.0 Å². The molecule has 1 aliphatic rings. The van der Waals surface area contributed by atoms with E-state index < -0.39 is 10.0 Å². The lowest BCUT2D eigenvalue weighted by Crippen LogP contribution is -2.52. The third-order valence-electron chi connectivity index (χ3n) is 7.85. The van der Waals surface area contributed by atoms with Crippen LogP contribution in [0.3, 0.4) is 0 Å². The zero-order valence-corrected chi connectivity index (χ0v) is 26.3. The topological polar surface area (TPSA) is 99.3 Å². The number of methoxy groups -OCH3 is 1. The molecule has 0 atom stereocenters. The van der Waals surface area contributed by atoms with Crippen molar-refractivity contribution in [2.24, 2.45) is 0 Å². The number of ether oxygens (including phenoxy) is 1. The minimum atomic E-state index is -3.92. The Morgan fingerprint density at radius 2 is 1.58 bits per heavy atom. The molecular formula is C33H42N4O5S.